The maximum absolute atomic E-state index is 14.2. The average Bonchev–Trinajstić information content (AvgIpc) is 3.36. The summed E-state index contributed by atoms with van der Waals surface area (Å²) in [5, 5.41) is 3.61. The van der Waals surface area contributed by atoms with Gasteiger partial charge in [0.15, 0.2) is 5.60 Å². The second kappa shape index (κ2) is 10.2. The van der Waals surface area contributed by atoms with E-state index < -0.39 is 5.60 Å². The molecule has 0 saturated carbocycles. The highest BCUT2D eigenvalue weighted by Crippen LogP contribution is 2.58. The molecule has 0 radical (unpaired) electrons. The van der Waals surface area contributed by atoms with Crippen molar-refractivity contribution in [2.75, 3.05) is 10.2 Å². The number of esters is 1. The van der Waals surface area contributed by atoms with E-state index in [1.807, 2.05) is 115 Å². The number of rotatable bonds is 5. The topological polar surface area (TPSA) is 50.8 Å². The molecule has 0 aliphatic carbocycles. The largest absolute Gasteiger partial charge is 0.456 e. The number of fused-ring (bicyclic) bond motifs is 6. The molecule has 1 N–H and O–H groups in total. The Morgan fingerprint density at radius 1 is 0.614 bits per heavy atom. The van der Waals surface area contributed by atoms with Gasteiger partial charge >= 0.3 is 5.97 Å². The number of carbonyl (C=O) groups is 1. The fourth-order valence-corrected chi connectivity index (χ4v) is 6.49. The van der Waals surface area contributed by atoms with Crippen molar-refractivity contribution < 1.29 is 14.3 Å². The third kappa shape index (κ3) is 3.90. The molecule has 0 saturated heterocycles. The van der Waals surface area contributed by atoms with E-state index in [2.05, 4.69) is 47.5 Å². The number of benzene rings is 6. The molecule has 0 bridgehead atoms. The number of nitrogens with zero attached hydrogens (tertiary/aromatic N) is 1. The van der Waals surface area contributed by atoms with Gasteiger partial charge in [-0.3, -0.25) is 0 Å². The smallest absolute Gasteiger partial charge is 0.342 e. The fraction of sp³-hybridized carbons (Fsp3) is 0.0513. The van der Waals surface area contributed by atoms with E-state index in [1.54, 1.807) is 0 Å². The summed E-state index contributed by atoms with van der Waals surface area (Å²) in [5.74, 6) is 0.939. The first kappa shape index (κ1) is 25.9. The van der Waals surface area contributed by atoms with Crippen LogP contribution in [-0.2, 0) is 10.3 Å². The first-order chi connectivity index (χ1) is 21.6. The number of ether oxygens (including phenoxy) is 2. The molecule has 212 valence electrons. The van der Waals surface area contributed by atoms with Gasteiger partial charge in [0.05, 0.1) is 16.9 Å². The van der Waals surface area contributed by atoms with Crippen LogP contribution in [0.15, 0.2) is 146 Å². The van der Waals surface area contributed by atoms with Crippen LogP contribution < -0.4 is 15.0 Å². The van der Waals surface area contributed by atoms with Gasteiger partial charge in [-0.05, 0) is 67.1 Å². The van der Waals surface area contributed by atoms with Gasteiger partial charge in [0.25, 0.3) is 0 Å². The molecule has 6 aromatic carbocycles. The number of hydrogen-bond acceptors (Lipinski definition) is 5. The Balaban J connectivity index is 1.48. The van der Waals surface area contributed by atoms with Crippen LogP contribution in [0.25, 0.3) is 0 Å². The summed E-state index contributed by atoms with van der Waals surface area (Å²) in [7, 11) is 0. The zero-order valence-electron chi connectivity index (χ0n) is 24.0. The Morgan fingerprint density at radius 3 is 1.68 bits per heavy atom. The van der Waals surface area contributed by atoms with Crippen molar-refractivity contribution in [1.29, 1.82) is 0 Å². The minimum Gasteiger partial charge on any atom is -0.456 e. The van der Waals surface area contributed by atoms with E-state index >= 15 is 0 Å². The zero-order valence-corrected chi connectivity index (χ0v) is 24.0. The Morgan fingerprint density at radius 2 is 1.11 bits per heavy atom. The van der Waals surface area contributed by atoms with Gasteiger partial charge < -0.3 is 19.7 Å². The summed E-state index contributed by atoms with van der Waals surface area (Å²) >= 11 is 0. The molecule has 1 spiro atoms. The summed E-state index contributed by atoms with van der Waals surface area (Å²) in [6.45, 7) is 2.06. The highest BCUT2D eigenvalue weighted by Gasteiger charge is 2.55. The molecule has 2 aliphatic rings. The molecular formula is C39H28N2O3. The van der Waals surface area contributed by atoms with Crippen LogP contribution >= 0.6 is 0 Å². The monoisotopic (exact) mass is 572 g/mol. The van der Waals surface area contributed by atoms with E-state index in [1.165, 1.54) is 0 Å². The van der Waals surface area contributed by atoms with Crippen molar-refractivity contribution in [3.05, 3.63) is 173 Å². The van der Waals surface area contributed by atoms with Gasteiger partial charge in [-0.15, -0.1) is 0 Å². The number of para-hydroxylation sites is 5. The first-order valence-electron chi connectivity index (χ1n) is 14.7. The third-order valence-electron chi connectivity index (χ3n) is 8.45. The fourth-order valence-electron chi connectivity index (χ4n) is 6.49. The lowest BCUT2D eigenvalue weighted by Gasteiger charge is -2.37. The molecular weight excluding hydrogens is 544 g/mol. The van der Waals surface area contributed by atoms with Crippen LogP contribution in [0.3, 0.4) is 0 Å². The Bertz CT molecular complexity index is 1940. The summed E-state index contributed by atoms with van der Waals surface area (Å²) in [4.78, 5) is 16.5. The SMILES string of the molecule is Cc1c(N(c2ccccc2)c2ccccc2)cc2c(c1Nc1ccccc1)C(=O)OC21c2ccccc2Oc2ccccc21. The number of hydrogen-bond donors (Lipinski definition) is 1. The highest BCUT2D eigenvalue weighted by molar-refractivity contribution is 6.05. The second-order valence-corrected chi connectivity index (χ2v) is 11.0. The van der Waals surface area contributed by atoms with E-state index in [4.69, 9.17) is 9.47 Å². The van der Waals surface area contributed by atoms with Gasteiger partial charge in [0, 0.05) is 33.8 Å². The Labute approximate surface area is 255 Å². The number of anilines is 5. The molecule has 0 amide bonds. The van der Waals surface area contributed by atoms with Crippen LogP contribution in [-0.4, -0.2) is 5.97 Å². The van der Waals surface area contributed by atoms with E-state index in [0.717, 1.165) is 45.0 Å². The molecule has 0 unspecified atom stereocenters. The quantitative estimate of drug-likeness (QED) is 0.208. The minimum atomic E-state index is -1.20. The molecule has 5 heteroatoms. The lowest BCUT2D eigenvalue weighted by Crippen LogP contribution is -2.33. The number of nitrogens with one attached hydrogen (secondary N) is 1. The van der Waals surface area contributed by atoms with Gasteiger partial charge in [0.2, 0.25) is 0 Å². The van der Waals surface area contributed by atoms with Crippen molar-refractivity contribution >= 4 is 34.4 Å². The van der Waals surface area contributed by atoms with Gasteiger partial charge in [-0.1, -0.05) is 91.0 Å². The van der Waals surface area contributed by atoms with Crippen LogP contribution in [0.5, 0.6) is 11.5 Å². The van der Waals surface area contributed by atoms with E-state index in [9.17, 15) is 4.79 Å². The van der Waals surface area contributed by atoms with E-state index in [-0.39, 0.29) is 5.97 Å². The third-order valence-corrected chi connectivity index (χ3v) is 8.45. The molecule has 0 aromatic heterocycles. The summed E-state index contributed by atoms with van der Waals surface area (Å²) in [5.41, 5.74) is 7.10. The Kier molecular flexibility index (Phi) is 5.98. The Hall–Kier alpha value is -5.81. The average molecular weight is 573 g/mol. The molecule has 6 aromatic rings. The molecule has 44 heavy (non-hydrogen) atoms. The first-order valence-corrected chi connectivity index (χ1v) is 14.7. The molecule has 0 atom stereocenters. The molecule has 8 rings (SSSR count). The molecule has 2 aliphatic heterocycles. The minimum absolute atomic E-state index is 0.384. The normalized spacial score (nSPS) is 13.7. The van der Waals surface area contributed by atoms with Crippen molar-refractivity contribution in [3.8, 4) is 11.5 Å². The summed E-state index contributed by atoms with van der Waals surface area (Å²) in [6, 6.07) is 48.3. The molecule has 0 fully saturated rings. The van der Waals surface area contributed by atoms with Crippen LogP contribution in [0.4, 0.5) is 28.4 Å². The predicted molar refractivity (Wildman–Crippen MR) is 174 cm³/mol. The van der Waals surface area contributed by atoms with Crippen molar-refractivity contribution in [1.82, 2.24) is 0 Å². The van der Waals surface area contributed by atoms with Gasteiger partial charge in [-0.25, -0.2) is 4.79 Å². The zero-order chi connectivity index (χ0) is 29.7. The van der Waals surface area contributed by atoms with Crippen LogP contribution in [0.2, 0.25) is 0 Å². The predicted octanol–water partition coefficient (Wildman–Crippen LogP) is 9.78. The summed E-state index contributed by atoms with van der Waals surface area (Å²) in [6.07, 6.45) is 0. The van der Waals surface area contributed by atoms with Gasteiger partial charge in [0.1, 0.15) is 11.5 Å². The maximum Gasteiger partial charge on any atom is 0.342 e. The lowest BCUT2D eigenvalue weighted by molar-refractivity contribution is 0.0225. The van der Waals surface area contributed by atoms with Crippen LogP contribution in [0.1, 0.15) is 32.6 Å². The van der Waals surface area contributed by atoms with Crippen LogP contribution in [0, 0.1) is 6.92 Å². The highest BCUT2D eigenvalue weighted by atomic mass is 16.6. The van der Waals surface area contributed by atoms with Crippen molar-refractivity contribution in [2.24, 2.45) is 0 Å². The number of carbonyl (C=O) groups excluding carboxylic acids is 1. The molecule has 5 nitrogen and oxygen atoms in total. The second-order valence-electron chi connectivity index (χ2n) is 11.0. The van der Waals surface area contributed by atoms with E-state index in [0.29, 0.717) is 22.7 Å². The van der Waals surface area contributed by atoms with Gasteiger partial charge in [-0.2, -0.15) is 0 Å². The standard InChI is InChI=1S/C39H28N2O3/c1-26-33(41(28-17-7-3-8-18-28)29-19-9-4-10-20-29)25-32-36(37(26)40-27-15-5-2-6-16-27)38(42)44-39(32)30-21-11-13-23-34(30)43-35-24-14-12-22-31(35)39/h2-25,40H,1H3. The lowest BCUT2D eigenvalue weighted by atomic mass is 9.76. The van der Waals surface area contributed by atoms with Crippen molar-refractivity contribution in [3.63, 3.8) is 0 Å². The summed E-state index contributed by atoms with van der Waals surface area (Å²) < 4.78 is 13.0. The molecule has 2 heterocycles. The maximum atomic E-state index is 14.2. The van der Waals surface area contributed by atoms with Crippen molar-refractivity contribution in [2.45, 2.75) is 12.5 Å².